The summed E-state index contributed by atoms with van der Waals surface area (Å²) in [5.74, 6) is 2.50. The molecule has 1 amide bonds. The molecule has 3 heteroatoms. The van der Waals surface area contributed by atoms with Crippen molar-refractivity contribution in [3.05, 3.63) is 35.9 Å². The van der Waals surface area contributed by atoms with Gasteiger partial charge in [0, 0.05) is 0 Å². The molecule has 0 bridgehead atoms. The van der Waals surface area contributed by atoms with Crippen LogP contribution in [0.15, 0.2) is 30.3 Å². The lowest BCUT2D eigenvalue weighted by molar-refractivity contribution is -0.123. The summed E-state index contributed by atoms with van der Waals surface area (Å²) in [5.41, 5.74) is 6.64. The largest absolute Gasteiger partial charge is 0.341 e. The topological polar surface area (TPSA) is 55.1 Å². The molecular formula is C14H18N2O. The number of nitrogens with two attached hydrogens (primary N) is 1. The van der Waals surface area contributed by atoms with Crippen molar-refractivity contribution in [3.63, 3.8) is 0 Å². The number of carbonyl (C=O) groups is 1. The van der Waals surface area contributed by atoms with Crippen molar-refractivity contribution < 1.29 is 4.79 Å². The number of carbonyl (C=O) groups excluding carboxylic acids is 1. The van der Waals surface area contributed by atoms with E-state index >= 15 is 0 Å². The third-order valence-electron chi connectivity index (χ3n) is 2.59. The normalized spacial score (nSPS) is 13.8. The lowest BCUT2D eigenvalue weighted by Gasteiger charge is -2.19. The Morgan fingerprint density at radius 3 is 2.41 bits per heavy atom. The van der Waals surface area contributed by atoms with Crippen molar-refractivity contribution in [2.75, 3.05) is 0 Å². The first-order valence-electron chi connectivity index (χ1n) is 5.63. The molecular weight excluding hydrogens is 212 g/mol. The van der Waals surface area contributed by atoms with Gasteiger partial charge in [0.1, 0.15) is 6.04 Å². The van der Waals surface area contributed by atoms with E-state index in [1.165, 1.54) is 0 Å². The number of hydrogen-bond acceptors (Lipinski definition) is 2. The highest BCUT2D eigenvalue weighted by Gasteiger charge is 2.19. The SMILES string of the molecule is C#CC(NC(=O)[C@H](N)c1ccccc1)C(C)C. The Kier molecular flexibility index (Phi) is 4.74. The lowest BCUT2D eigenvalue weighted by Crippen LogP contribution is -2.42. The Morgan fingerprint density at radius 1 is 1.35 bits per heavy atom. The minimum Gasteiger partial charge on any atom is -0.341 e. The zero-order chi connectivity index (χ0) is 12.8. The molecule has 0 aromatic heterocycles. The molecule has 17 heavy (non-hydrogen) atoms. The molecule has 1 aromatic rings. The number of terminal acetylenes is 1. The van der Waals surface area contributed by atoms with Crippen LogP contribution in [0.1, 0.15) is 25.5 Å². The van der Waals surface area contributed by atoms with Crippen molar-refractivity contribution >= 4 is 5.91 Å². The van der Waals surface area contributed by atoms with Gasteiger partial charge in [-0.15, -0.1) is 6.42 Å². The van der Waals surface area contributed by atoms with Gasteiger partial charge in [0.25, 0.3) is 0 Å². The van der Waals surface area contributed by atoms with Crippen LogP contribution in [0.4, 0.5) is 0 Å². The van der Waals surface area contributed by atoms with E-state index in [1.807, 2.05) is 44.2 Å². The Labute approximate surface area is 102 Å². The highest BCUT2D eigenvalue weighted by molar-refractivity contribution is 5.83. The van der Waals surface area contributed by atoms with Crippen LogP contribution in [-0.4, -0.2) is 11.9 Å². The second-order valence-electron chi connectivity index (χ2n) is 4.29. The molecule has 0 aliphatic carbocycles. The van der Waals surface area contributed by atoms with Crippen LogP contribution in [0.5, 0.6) is 0 Å². The zero-order valence-corrected chi connectivity index (χ0v) is 10.2. The molecule has 0 saturated carbocycles. The van der Waals surface area contributed by atoms with E-state index in [-0.39, 0.29) is 17.9 Å². The average molecular weight is 230 g/mol. The summed E-state index contributed by atoms with van der Waals surface area (Å²) < 4.78 is 0. The first-order chi connectivity index (χ1) is 8.06. The Morgan fingerprint density at radius 2 is 1.94 bits per heavy atom. The summed E-state index contributed by atoms with van der Waals surface area (Å²) >= 11 is 0. The van der Waals surface area contributed by atoms with E-state index in [4.69, 9.17) is 12.2 Å². The van der Waals surface area contributed by atoms with Gasteiger partial charge in [-0.25, -0.2) is 0 Å². The monoisotopic (exact) mass is 230 g/mol. The molecule has 0 radical (unpaired) electrons. The molecule has 1 unspecified atom stereocenters. The fraction of sp³-hybridized carbons (Fsp3) is 0.357. The second-order valence-corrected chi connectivity index (χ2v) is 4.29. The van der Waals surface area contributed by atoms with Gasteiger partial charge in [-0.3, -0.25) is 4.79 Å². The van der Waals surface area contributed by atoms with Crippen LogP contribution in [0.2, 0.25) is 0 Å². The number of amides is 1. The summed E-state index contributed by atoms with van der Waals surface area (Å²) in [6, 6.07) is 8.28. The Hall–Kier alpha value is -1.79. The minimum atomic E-state index is -0.675. The van der Waals surface area contributed by atoms with Crippen molar-refractivity contribution in [1.82, 2.24) is 5.32 Å². The first kappa shape index (κ1) is 13.3. The van der Waals surface area contributed by atoms with Crippen molar-refractivity contribution in [3.8, 4) is 12.3 Å². The molecule has 0 aliphatic rings. The van der Waals surface area contributed by atoms with Gasteiger partial charge in [-0.05, 0) is 11.5 Å². The number of hydrogen-bond donors (Lipinski definition) is 2. The van der Waals surface area contributed by atoms with Gasteiger partial charge in [0.05, 0.1) is 6.04 Å². The van der Waals surface area contributed by atoms with E-state index in [1.54, 1.807) is 0 Å². The molecule has 0 aliphatic heterocycles. The van der Waals surface area contributed by atoms with Crippen molar-refractivity contribution in [1.29, 1.82) is 0 Å². The zero-order valence-electron chi connectivity index (χ0n) is 10.2. The van der Waals surface area contributed by atoms with Gasteiger partial charge >= 0.3 is 0 Å². The third kappa shape index (κ3) is 3.61. The van der Waals surface area contributed by atoms with E-state index in [0.717, 1.165) is 5.56 Å². The number of rotatable bonds is 4. The standard InChI is InChI=1S/C14H18N2O/c1-4-12(10(2)3)16-14(17)13(15)11-8-6-5-7-9-11/h1,5-10,12-13H,15H2,2-3H3,(H,16,17)/t12?,13-/m1/s1. The average Bonchev–Trinajstić information content (AvgIpc) is 2.35. The molecule has 0 fully saturated rings. The highest BCUT2D eigenvalue weighted by atomic mass is 16.2. The van der Waals surface area contributed by atoms with Crippen LogP contribution >= 0.6 is 0 Å². The summed E-state index contributed by atoms with van der Waals surface area (Å²) in [6.45, 7) is 3.91. The van der Waals surface area contributed by atoms with Gasteiger partial charge < -0.3 is 11.1 Å². The molecule has 1 rings (SSSR count). The van der Waals surface area contributed by atoms with E-state index in [0.29, 0.717) is 0 Å². The molecule has 0 saturated heterocycles. The second kappa shape index (κ2) is 6.07. The lowest BCUT2D eigenvalue weighted by atomic mass is 10.0. The minimum absolute atomic E-state index is 0.187. The molecule has 0 heterocycles. The van der Waals surface area contributed by atoms with E-state index in [9.17, 15) is 4.79 Å². The van der Waals surface area contributed by atoms with Crippen molar-refractivity contribution in [2.24, 2.45) is 11.7 Å². The van der Waals surface area contributed by atoms with Crippen LogP contribution in [0, 0.1) is 18.3 Å². The smallest absolute Gasteiger partial charge is 0.242 e. The van der Waals surface area contributed by atoms with Gasteiger partial charge in [-0.1, -0.05) is 50.1 Å². The maximum atomic E-state index is 11.9. The van der Waals surface area contributed by atoms with Gasteiger partial charge in [0.2, 0.25) is 5.91 Å². The summed E-state index contributed by atoms with van der Waals surface area (Å²) in [4.78, 5) is 11.9. The molecule has 1 aromatic carbocycles. The van der Waals surface area contributed by atoms with Crippen LogP contribution in [0.25, 0.3) is 0 Å². The van der Waals surface area contributed by atoms with Crippen LogP contribution in [-0.2, 0) is 4.79 Å². The molecule has 0 spiro atoms. The first-order valence-corrected chi connectivity index (χ1v) is 5.63. The maximum absolute atomic E-state index is 11.9. The quantitative estimate of drug-likeness (QED) is 0.769. The van der Waals surface area contributed by atoms with Gasteiger partial charge in [-0.2, -0.15) is 0 Å². The Balaban J connectivity index is 2.69. The number of benzene rings is 1. The fourth-order valence-electron chi connectivity index (χ4n) is 1.46. The summed E-state index contributed by atoms with van der Waals surface area (Å²) in [6.07, 6.45) is 5.36. The van der Waals surface area contributed by atoms with Crippen LogP contribution < -0.4 is 11.1 Å². The molecule has 90 valence electrons. The molecule has 2 atom stereocenters. The predicted molar refractivity (Wildman–Crippen MR) is 69.0 cm³/mol. The van der Waals surface area contributed by atoms with E-state index < -0.39 is 6.04 Å². The maximum Gasteiger partial charge on any atom is 0.242 e. The summed E-state index contributed by atoms with van der Waals surface area (Å²) in [5, 5.41) is 2.76. The van der Waals surface area contributed by atoms with Gasteiger partial charge in [0.15, 0.2) is 0 Å². The van der Waals surface area contributed by atoms with Crippen LogP contribution in [0.3, 0.4) is 0 Å². The van der Waals surface area contributed by atoms with E-state index in [2.05, 4.69) is 11.2 Å². The molecule has 3 nitrogen and oxygen atoms in total. The summed E-state index contributed by atoms with van der Waals surface area (Å²) in [7, 11) is 0. The predicted octanol–water partition coefficient (Wildman–Crippen LogP) is 1.46. The van der Waals surface area contributed by atoms with Crippen molar-refractivity contribution in [2.45, 2.75) is 25.9 Å². The highest BCUT2D eigenvalue weighted by Crippen LogP contribution is 2.10. The Bertz CT molecular complexity index is 406. The number of nitrogens with one attached hydrogen (secondary N) is 1. The third-order valence-corrected chi connectivity index (χ3v) is 2.59. The fourth-order valence-corrected chi connectivity index (χ4v) is 1.46. The molecule has 3 N–H and O–H groups in total.